The number of esters is 1. The van der Waals surface area contributed by atoms with Gasteiger partial charge >= 0.3 is 5.97 Å². The summed E-state index contributed by atoms with van der Waals surface area (Å²) < 4.78 is 15.8. The summed E-state index contributed by atoms with van der Waals surface area (Å²) in [6, 6.07) is 10.3. The lowest BCUT2D eigenvalue weighted by Gasteiger charge is -2.12. The Labute approximate surface area is 175 Å². The van der Waals surface area contributed by atoms with Crippen LogP contribution in [0.25, 0.3) is 0 Å². The fraction of sp³-hybridized carbons (Fsp3) is 0.348. The van der Waals surface area contributed by atoms with Crippen molar-refractivity contribution in [1.29, 1.82) is 0 Å². The zero-order valence-electron chi connectivity index (χ0n) is 17.4. The van der Waals surface area contributed by atoms with Gasteiger partial charge in [0.15, 0.2) is 0 Å². The smallest absolute Gasteiger partial charge is 0.338 e. The molecule has 0 N–H and O–H groups in total. The highest BCUT2D eigenvalue weighted by Gasteiger charge is 2.35. The molecule has 30 heavy (non-hydrogen) atoms. The van der Waals surface area contributed by atoms with Crippen molar-refractivity contribution in [3.63, 3.8) is 0 Å². The van der Waals surface area contributed by atoms with E-state index in [0.717, 1.165) is 16.9 Å². The first kappa shape index (κ1) is 21.5. The minimum absolute atomic E-state index is 0.0684. The van der Waals surface area contributed by atoms with Gasteiger partial charge < -0.3 is 14.2 Å². The second-order valence-corrected chi connectivity index (χ2v) is 7.18. The van der Waals surface area contributed by atoms with Crippen LogP contribution >= 0.6 is 0 Å². The van der Waals surface area contributed by atoms with E-state index in [9.17, 15) is 14.4 Å². The number of rotatable bonds is 9. The van der Waals surface area contributed by atoms with Crippen LogP contribution in [0, 0.1) is 13.8 Å². The summed E-state index contributed by atoms with van der Waals surface area (Å²) in [5.41, 5.74) is 2.93. The van der Waals surface area contributed by atoms with E-state index in [2.05, 4.69) is 0 Å². The molecule has 0 unspecified atom stereocenters. The molecule has 0 atom stereocenters. The summed E-state index contributed by atoms with van der Waals surface area (Å²) in [6.07, 6.45) is 0.553. The Hall–Kier alpha value is -3.19. The van der Waals surface area contributed by atoms with Gasteiger partial charge in [0, 0.05) is 20.3 Å². The predicted molar refractivity (Wildman–Crippen MR) is 110 cm³/mol. The molecule has 1 aliphatic heterocycles. The predicted octanol–water partition coefficient (Wildman–Crippen LogP) is 3.17. The van der Waals surface area contributed by atoms with Crippen LogP contribution < -0.4 is 4.74 Å². The molecule has 158 valence electrons. The average Bonchev–Trinajstić information content (AvgIpc) is 2.95. The van der Waals surface area contributed by atoms with Crippen LogP contribution in [0.2, 0.25) is 0 Å². The quantitative estimate of drug-likeness (QED) is 0.358. The highest BCUT2D eigenvalue weighted by atomic mass is 16.6. The van der Waals surface area contributed by atoms with Gasteiger partial charge in [-0.15, -0.1) is 0 Å². The lowest BCUT2D eigenvalue weighted by Crippen LogP contribution is -2.31. The van der Waals surface area contributed by atoms with Gasteiger partial charge in [-0.1, -0.05) is 6.07 Å². The van der Waals surface area contributed by atoms with Crippen molar-refractivity contribution in [2.75, 3.05) is 33.5 Å². The third-order valence-electron chi connectivity index (χ3n) is 4.72. The van der Waals surface area contributed by atoms with Gasteiger partial charge in [0.25, 0.3) is 11.8 Å². The van der Waals surface area contributed by atoms with E-state index in [1.54, 1.807) is 7.11 Å². The van der Waals surface area contributed by atoms with Gasteiger partial charge in [0.05, 0.1) is 16.7 Å². The van der Waals surface area contributed by atoms with E-state index in [1.807, 2.05) is 32.0 Å². The van der Waals surface area contributed by atoms with Crippen molar-refractivity contribution in [3.05, 3.63) is 64.2 Å². The number of hydrogen-bond donors (Lipinski definition) is 0. The average molecular weight is 411 g/mol. The molecule has 0 radical (unpaired) electrons. The van der Waals surface area contributed by atoms with Gasteiger partial charge in [-0.25, -0.2) is 4.79 Å². The minimum atomic E-state index is -0.570. The SMILES string of the molecule is COCCCN1C(=O)c2ccc(C(=O)OCCOc3cc(C)cc(C)c3)cc2C1=O. The Morgan fingerprint density at radius 1 is 0.900 bits per heavy atom. The molecule has 2 aromatic carbocycles. The second kappa shape index (κ2) is 9.54. The molecule has 0 fully saturated rings. The summed E-state index contributed by atoms with van der Waals surface area (Å²) in [7, 11) is 1.56. The molecule has 1 heterocycles. The molecule has 3 rings (SSSR count). The van der Waals surface area contributed by atoms with E-state index in [-0.39, 0.29) is 36.8 Å². The molecule has 0 aromatic heterocycles. The molecular formula is C23H25NO6. The highest BCUT2D eigenvalue weighted by Crippen LogP contribution is 2.24. The monoisotopic (exact) mass is 411 g/mol. The fourth-order valence-electron chi connectivity index (χ4n) is 3.38. The Balaban J connectivity index is 1.56. The summed E-state index contributed by atoms with van der Waals surface area (Å²) in [6.45, 7) is 4.98. The molecule has 0 spiro atoms. The molecule has 0 saturated carbocycles. The fourth-order valence-corrected chi connectivity index (χ4v) is 3.38. The maximum Gasteiger partial charge on any atom is 0.338 e. The van der Waals surface area contributed by atoms with Gasteiger partial charge in [-0.05, 0) is 61.7 Å². The van der Waals surface area contributed by atoms with Gasteiger partial charge in [0.1, 0.15) is 19.0 Å². The zero-order chi connectivity index (χ0) is 21.7. The Bertz CT molecular complexity index is 948. The Morgan fingerprint density at radius 2 is 1.60 bits per heavy atom. The van der Waals surface area contributed by atoms with E-state index in [0.29, 0.717) is 18.6 Å². The van der Waals surface area contributed by atoms with Crippen LogP contribution in [-0.2, 0) is 9.47 Å². The van der Waals surface area contributed by atoms with Gasteiger partial charge in [-0.2, -0.15) is 0 Å². The number of aryl methyl sites for hydroxylation is 2. The molecule has 0 bridgehead atoms. The summed E-state index contributed by atoms with van der Waals surface area (Å²) in [5, 5.41) is 0. The van der Waals surface area contributed by atoms with Gasteiger partial charge in [0.2, 0.25) is 0 Å². The number of carbonyl (C=O) groups is 3. The Morgan fingerprint density at radius 3 is 2.30 bits per heavy atom. The van der Waals surface area contributed by atoms with E-state index in [1.165, 1.54) is 23.1 Å². The summed E-state index contributed by atoms with van der Waals surface area (Å²) in [5.74, 6) is -0.606. The van der Waals surface area contributed by atoms with Crippen LogP contribution in [0.4, 0.5) is 0 Å². The first-order valence-corrected chi connectivity index (χ1v) is 9.78. The van der Waals surface area contributed by atoms with Crippen molar-refractivity contribution < 1.29 is 28.6 Å². The minimum Gasteiger partial charge on any atom is -0.490 e. The number of amides is 2. The lowest BCUT2D eigenvalue weighted by molar-refractivity contribution is 0.0450. The van der Waals surface area contributed by atoms with Crippen molar-refractivity contribution in [3.8, 4) is 5.75 Å². The van der Waals surface area contributed by atoms with Crippen LogP contribution in [0.15, 0.2) is 36.4 Å². The standard InChI is InChI=1S/C23H25NO6/c1-15-11-16(2)13-18(12-15)29-9-10-30-23(27)17-5-6-19-20(14-17)22(26)24(21(19)25)7-4-8-28-3/h5-6,11-14H,4,7-10H2,1-3H3. The molecule has 7 heteroatoms. The maximum absolute atomic E-state index is 12.5. The van der Waals surface area contributed by atoms with Crippen LogP contribution in [-0.4, -0.2) is 56.2 Å². The van der Waals surface area contributed by atoms with E-state index < -0.39 is 11.9 Å². The number of fused-ring (bicyclic) bond motifs is 1. The third-order valence-corrected chi connectivity index (χ3v) is 4.72. The first-order valence-electron chi connectivity index (χ1n) is 9.78. The number of nitrogens with zero attached hydrogens (tertiary/aromatic N) is 1. The Kier molecular flexibility index (Phi) is 6.84. The molecule has 7 nitrogen and oxygen atoms in total. The van der Waals surface area contributed by atoms with Crippen LogP contribution in [0.3, 0.4) is 0 Å². The van der Waals surface area contributed by atoms with E-state index in [4.69, 9.17) is 14.2 Å². The number of imide groups is 1. The van der Waals surface area contributed by atoms with Crippen LogP contribution in [0.5, 0.6) is 5.75 Å². The maximum atomic E-state index is 12.5. The number of benzene rings is 2. The molecule has 2 aromatic rings. The molecule has 0 saturated heterocycles. The molecule has 2 amide bonds. The number of carbonyl (C=O) groups excluding carboxylic acids is 3. The summed E-state index contributed by atoms with van der Waals surface area (Å²) in [4.78, 5) is 38.5. The summed E-state index contributed by atoms with van der Waals surface area (Å²) >= 11 is 0. The van der Waals surface area contributed by atoms with Crippen molar-refractivity contribution in [2.24, 2.45) is 0 Å². The first-order chi connectivity index (χ1) is 14.4. The van der Waals surface area contributed by atoms with Crippen molar-refractivity contribution in [2.45, 2.75) is 20.3 Å². The topological polar surface area (TPSA) is 82.1 Å². The molecular weight excluding hydrogens is 386 g/mol. The second-order valence-electron chi connectivity index (χ2n) is 7.18. The largest absolute Gasteiger partial charge is 0.490 e. The zero-order valence-corrected chi connectivity index (χ0v) is 17.4. The highest BCUT2D eigenvalue weighted by molar-refractivity contribution is 6.21. The molecule has 0 aliphatic carbocycles. The number of methoxy groups -OCH3 is 1. The normalized spacial score (nSPS) is 12.8. The number of ether oxygens (including phenoxy) is 3. The third kappa shape index (κ3) is 4.86. The van der Waals surface area contributed by atoms with E-state index >= 15 is 0 Å². The number of hydrogen-bond acceptors (Lipinski definition) is 6. The van der Waals surface area contributed by atoms with Crippen LogP contribution in [0.1, 0.15) is 48.6 Å². The lowest BCUT2D eigenvalue weighted by atomic mass is 10.1. The molecule has 1 aliphatic rings. The van der Waals surface area contributed by atoms with Gasteiger partial charge in [-0.3, -0.25) is 14.5 Å². The van der Waals surface area contributed by atoms with Crippen molar-refractivity contribution >= 4 is 17.8 Å². The van der Waals surface area contributed by atoms with Crippen molar-refractivity contribution in [1.82, 2.24) is 4.90 Å².